The molecule has 5 N–H and O–H groups in total. The molecule has 1 unspecified atom stereocenters. The van der Waals surface area contributed by atoms with E-state index in [0.717, 1.165) is 5.56 Å². The maximum absolute atomic E-state index is 10.1. The zero-order valence-electron chi connectivity index (χ0n) is 10.7. The maximum Gasteiger partial charge on any atom is 0.131 e. The summed E-state index contributed by atoms with van der Waals surface area (Å²) in [4.78, 5) is 0. The molecule has 0 saturated heterocycles. The highest BCUT2D eigenvalue weighted by atomic mass is 35.5. The van der Waals surface area contributed by atoms with Crippen molar-refractivity contribution in [1.29, 1.82) is 5.53 Å². The Bertz CT molecular complexity index is 601. The third-order valence-corrected chi connectivity index (χ3v) is 3.16. The van der Waals surface area contributed by atoms with Crippen LogP contribution in [0.3, 0.4) is 0 Å². The first-order chi connectivity index (χ1) is 9.60. The standard InChI is InChI=1S/C14H15ClN4O/c15-11-4-1-9(2-5-11)8-18-14(20)10-3-6-12(16)13(7-10)19-17/h1-7,14,17-18,20H,8,16H2. The number of anilines is 1. The average Bonchev–Trinajstić information content (AvgIpc) is 2.47. The van der Waals surface area contributed by atoms with Crippen LogP contribution < -0.4 is 11.1 Å². The molecule has 0 bridgehead atoms. The summed E-state index contributed by atoms with van der Waals surface area (Å²) in [5.41, 5.74) is 15.0. The van der Waals surface area contributed by atoms with Crippen molar-refractivity contribution in [2.45, 2.75) is 12.8 Å². The number of nitrogens with zero attached hydrogens (tertiary/aromatic N) is 1. The molecule has 2 aromatic carbocycles. The van der Waals surface area contributed by atoms with Crippen LogP contribution in [0.5, 0.6) is 0 Å². The van der Waals surface area contributed by atoms with Gasteiger partial charge in [0.05, 0.1) is 5.69 Å². The normalized spacial score (nSPS) is 12.1. The predicted molar refractivity (Wildman–Crippen MR) is 78.9 cm³/mol. The molecule has 0 aromatic heterocycles. The van der Waals surface area contributed by atoms with Gasteiger partial charge in [0, 0.05) is 11.6 Å². The van der Waals surface area contributed by atoms with Gasteiger partial charge in [-0.05, 0) is 35.4 Å². The molecule has 0 aliphatic rings. The molecule has 0 heterocycles. The van der Waals surface area contributed by atoms with Gasteiger partial charge in [-0.3, -0.25) is 5.32 Å². The van der Waals surface area contributed by atoms with Gasteiger partial charge in [-0.25, -0.2) is 5.53 Å². The lowest BCUT2D eigenvalue weighted by Crippen LogP contribution is -2.20. The van der Waals surface area contributed by atoms with E-state index in [0.29, 0.717) is 28.5 Å². The maximum atomic E-state index is 10.1. The van der Waals surface area contributed by atoms with Crippen LogP contribution in [0.25, 0.3) is 0 Å². The summed E-state index contributed by atoms with van der Waals surface area (Å²) < 4.78 is 0. The van der Waals surface area contributed by atoms with Crippen LogP contribution in [-0.2, 0) is 6.54 Å². The summed E-state index contributed by atoms with van der Waals surface area (Å²) in [5.74, 6) is 0. The first-order valence-corrected chi connectivity index (χ1v) is 6.40. The van der Waals surface area contributed by atoms with E-state index in [9.17, 15) is 5.11 Å². The van der Waals surface area contributed by atoms with E-state index in [1.807, 2.05) is 12.1 Å². The number of aliphatic hydroxyl groups is 1. The van der Waals surface area contributed by atoms with Gasteiger partial charge in [0.2, 0.25) is 0 Å². The number of halogens is 1. The molecule has 0 spiro atoms. The largest absolute Gasteiger partial charge is 0.397 e. The molecule has 0 aliphatic carbocycles. The molecule has 6 heteroatoms. The van der Waals surface area contributed by atoms with Gasteiger partial charge in [-0.15, -0.1) is 0 Å². The molecule has 20 heavy (non-hydrogen) atoms. The Hall–Kier alpha value is -1.95. The summed E-state index contributed by atoms with van der Waals surface area (Å²) in [5, 5.41) is 17.0. The minimum atomic E-state index is -0.855. The van der Waals surface area contributed by atoms with Crippen molar-refractivity contribution in [1.82, 2.24) is 5.32 Å². The molecular weight excluding hydrogens is 276 g/mol. The van der Waals surface area contributed by atoms with Crippen LogP contribution in [0.2, 0.25) is 5.02 Å². The number of nitrogens with one attached hydrogen (secondary N) is 2. The smallest absolute Gasteiger partial charge is 0.131 e. The number of hydrogen-bond donors (Lipinski definition) is 4. The van der Waals surface area contributed by atoms with Gasteiger partial charge in [0.15, 0.2) is 0 Å². The molecular formula is C14H15ClN4O. The number of aliphatic hydroxyl groups excluding tert-OH is 1. The minimum absolute atomic E-state index is 0.342. The quantitative estimate of drug-likeness (QED) is 0.386. The second kappa shape index (κ2) is 6.47. The van der Waals surface area contributed by atoms with E-state index in [1.165, 1.54) is 0 Å². The Labute approximate surface area is 121 Å². The first kappa shape index (κ1) is 14.5. The predicted octanol–water partition coefficient (Wildman–Crippen LogP) is 3.37. The summed E-state index contributed by atoms with van der Waals surface area (Å²) in [6.45, 7) is 0.496. The van der Waals surface area contributed by atoms with E-state index >= 15 is 0 Å². The fourth-order valence-electron chi connectivity index (χ4n) is 1.76. The van der Waals surface area contributed by atoms with Gasteiger partial charge >= 0.3 is 0 Å². The lowest BCUT2D eigenvalue weighted by Gasteiger charge is -2.14. The summed E-state index contributed by atoms with van der Waals surface area (Å²) >= 11 is 5.81. The number of hydrogen-bond acceptors (Lipinski definition) is 5. The van der Waals surface area contributed by atoms with E-state index in [4.69, 9.17) is 22.9 Å². The van der Waals surface area contributed by atoms with Crippen molar-refractivity contribution >= 4 is 23.0 Å². The molecule has 0 fully saturated rings. The molecule has 0 amide bonds. The first-order valence-electron chi connectivity index (χ1n) is 6.03. The fraction of sp³-hybridized carbons (Fsp3) is 0.143. The highest BCUT2D eigenvalue weighted by Gasteiger charge is 2.09. The molecule has 5 nitrogen and oxygen atoms in total. The second-order valence-corrected chi connectivity index (χ2v) is 4.78. The Morgan fingerprint density at radius 1 is 1.25 bits per heavy atom. The summed E-state index contributed by atoms with van der Waals surface area (Å²) in [6.07, 6.45) is -0.855. The van der Waals surface area contributed by atoms with Gasteiger partial charge in [0.1, 0.15) is 11.9 Å². The highest BCUT2D eigenvalue weighted by Crippen LogP contribution is 2.25. The Kier molecular flexibility index (Phi) is 4.68. The van der Waals surface area contributed by atoms with Gasteiger partial charge < -0.3 is 10.8 Å². The number of nitrogen functional groups attached to an aromatic ring is 1. The van der Waals surface area contributed by atoms with Crippen molar-refractivity contribution < 1.29 is 5.11 Å². The molecule has 0 aliphatic heterocycles. The zero-order valence-corrected chi connectivity index (χ0v) is 11.4. The summed E-state index contributed by atoms with van der Waals surface area (Å²) in [7, 11) is 0. The number of nitrogens with two attached hydrogens (primary N) is 1. The van der Waals surface area contributed by atoms with Crippen molar-refractivity contribution in [3.63, 3.8) is 0 Å². The number of rotatable bonds is 5. The van der Waals surface area contributed by atoms with Crippen LogP contribution in [0, 0.1) is 5.53 Å². The SMILES string of the molecule is N=Nc1cc(C(O)NCc2ccc(Cl)cc2)ccc1N. The third kappa shape index (κ3) is 3.54. The van der Waals surface area contributed by atoms with E-state index in [-0.39, 0.29) is 0 Å². The van der Waals surface area contributed by atoms with Crippen LogP contribution >= 0.6 is 11.6 Å². The Morgan fingerprint density at radius 2 is 1.95 bits per heavy atom. The topological polar surface area (TPSA) is 94.5 Å². The molecule has 1 atom stereocenters. The van der Waals surface area contributed by atoms with Crippen LogP contribution in [0.15, 0.2) is 47.6 Å². The average molecular weight is 291 g/mol. The zero-order chi connectivity index (χ0) is 14.5. The van der Waals surface area contributed by atoms with Crippen molar-refractivity contribution in [2.24, 2.45) is 5.11 Å². The molecule has 0 saturated carbocycles. The lowest BCUT2D eigenvalue weighted by atomic mass is 10.1. The lowest BCUT2D eigenvalue weighted by molar-refractivity contribution is 0.137. The third-order valence-electron chi connectivity index (χ3n) is 2.90. The van der Waals surface area contributed by atoms with Crippen LogP contribution in [-0.4, -0.2) is 5.11 Å². The molecule has 0 radical (unpaired) electrons. The van der Waals surface area contributed by atoms with Crippen LogP contribution in [0.4, 0.5) is 11.4 Å². The molecule has 104 valence electrons. The highest BCUT2D eigenvalue weighted by molar-refractivity contribution is 6.30. The monoisotopic (exact) mass is 290 g/mol. The molecule has 2 aromatic rings. The number of benzene rings is 2. The Morgan fingerprint density at radius 3 is 2.60 bits per heavy atom. The Balaban J connectivity index is 2.02. The van der Waals surface area contributed by atoms with Crippen LogP contribution in [0.1, 0.15) is 17.4 Å². The minimum Gasteiger partial charge on any atom is -0.397 e. The summed E-state index contributed by atoms with van der Waals surface area (Å²) in [6, 6.07) is 12.3. The molecule has 2 rings (SSSR count). The van der Waals surface area contributed by atoms with Crippen molar-refractivity contribution in [2.75, 3.05) is 5.73 Å². The van der Waals surface area contributed by atoms with Gasteiger partial charge in [-0.1, -0.05) is 29.8 Å². The van der Waals surface area contributed by atoms with E-state index in [2.05, 4.69) is 10.4 Å². The van der Waals surface area contributed by atoms with Gasteiger partial charge in [0.25, 0.3) is 0 Å². The second-order valence-electron chi connectivity index (χ2n) is 4.34. The van der Waals surface area contributed by atoms with Crippen molar-refractivity contribution in [3.8, 4) is 0 Å². The fourth-order valence-corrected chi connectivity index (χ4v) is 1.89. The van der Waals surface area contributed by atoms with Gasteiger partial charge in [-0.2, -0.15) is 5.11 Å². The van der Waals surface area contributed by atoms with E-state index < -0.39 is 6.23 Å². The van der Waals surface area contributed by atoms with E-state index in [1.54, 1.807) is 30.3 Å². The van der Waals surface area contributed by atoms with Crippen molar-refractivity contribution in [3.05, 3.63) is 58.6 Å².